The molecule has 1 amide bonds. The number of amides is 1. The van der Waals surface area contributed by atoms with E-state index in [1.54, 1.807) is 30.3 Å². The zero-order valence-corrected chi connectivity index (χ0v) is 11.3. The number of carbonyl (C=O) groups is 1. The molecule has 0 aliphatic heterocycles. The summed E-state index contributed by atoms with van der Waals surface area (Å²) in [6.07, 6.45) is 1.73. The molecule has 0 bridgehead atoms. The zero-order valence-electron chi connectivity index (χ0n) is 11.3. The average molecular weight is 268 g/mol. The molecule has 0 saturated carbocycles. The highest BCUT2D eigenvalue weighted by atomic mass is 16.2. The second kappa shape index (κ2) is 6.60. The van der Waals surface area contributed by atoms with Crippen molar-refractivity contribution in [3.8, 4) is 11.8 Å². The number of aliphatic hydroxyl groups excluding tert-OH is 1. The van der Waals surface area contributed by atoms with Crippen molar-refractivity contribution in [3.63, 3.8) is 0 Å². The first kappa shape index (κ1) is 13.9. The van der Waals surface area contributed by atoms with Gasteiger partial charge in [-0.3, -0.25) is 4.79 Å². The van der Waals surface area contributed by atoms with Gasteiger partial charge < -0.3 is 15.0 Å². The number of aromatic amines is 1. The number of hydrogen-bond donors (Lipinski definition) is 2. The van der Waals surface area contributed by atoms with Gasteiger partial charge in [0, 0.05) is 25.4 Å². The standard InChI is InChI=1S/C16H16N2O2/c1-18(16(20)15-8-3-9-17-15)12-14-6-2-5-13(11-14)7-4-10-19/h2-3,5-6,8-9,11,17,19H,10,12H2,1H3. The van der Waals surface area contributed by atoms with Crippen LogP contribution in [0.5, 0.6) is 0 Å². The molecule has 0 unspecified atom stereocenters. The maximum Gasteiger partial charge on any atom is 0.270 e. The van der Waals surface area contributed by atoms with Gasteiger partial charge in [-0.1, -0.05) is 24.0 Å². The maximum atomic E-state index is 12.1. The molecule has 0 atom stereocenters. The molecule has 1 aromatic heterocycles. The molecule has 0 saturated heterocycles. The number of aliphatic hydroxyl groups is 1. The Kier molecular flexibility index (Phi) is 4.59. The molecule has 0 aliphatic rings. The molecule has 2 rings (SSSR count). The lowest BCUT2D eigenvalue weighted by molar-refractivity contribution is 0.0780. The molecule has 0 aliphatic carbocycles. The van der Waals surface area contributed by atoms with E-state index in [1.807, 2.05) is 24.3 Å². The van der Waals surface area contributed by atoms with Gasteiger partial charge in [-0.05, 0) is 29.8 Å². The lowest BCUT2D eigenvalue weighted by Gasteiger charge is -2.16. The third-order valence-electron chi connectivity index (χ3n) is 2.83. The van der Waals surface area contributed by atoms with Crippen molar-refractivity contribution in [2.75, 3.05) is 13.7 Å². The number of hydrogen-bond acceptors (Lipinski definition) is 2. The van der Waals surface area contributed by atoms with Crippen LogP contribution in [0.2, 0.25) is 0 Å². The maximum absolute atomic E-state index is 12.1. The van der Waals surface area contributed by atoms with Crippen molar-refractivity contribution in [2.24, 2.45) is 0 Å². The number of aromatic nitrogens is 1. The molecule has 0 spiro atoms. The van der Waals surface area contributed by atoms with E-state index < -0.39 is 0 Å². The molecule has 2 aromatic rings. The SMILES string of the molecule is CN(Cc1cccc(C#CCO)c1)C(=O)c1ccc[nH]1. The van der Waals surface area contributed by atoms with E-state index in [0.29, 0.717) is 12.2 Å². The second-order valence-corrected chi connectivity index (χ2v) is 4.41. The summed E-state index contributed by atoms with van der Waals surface area (Å²) < 4.78 is 0. The first-order valence-electron chi connectivity index (χ1n) is 6.28. The quantitative estimate of drug-likeness (QED) is 0.831. The van der Waals surface area contributed by atoms with E-state index in [0.717, 1.165) is 11.1 Å². The lowest BCUT2D eigenvalue weighted by atomic mass is 10.1. The summed E-state index contributed by atoms with van der Waals surface area (Å²) in [5, 5.41) is 8.69. The normalized spacial score (nSPS) is 9.70. The second-order valence-electron chi connectivity index (χ2n) is 4.41. The lowest BCUT2D eigenvalue weighted by Crippen LogP contribution is -2.26. The van der Waals surface area contributed by atoms with Crippen LogP contribution in [0.25, 0.3) is 0 Å². The highest BCUT2D eigenvalue weighted by molar-refractivity contribution is 5.92. The first-order chi connectivity index (χ1) is 9.70. The van der Waals surface area contributed by atoms with Gasteiger partial charge >= 0.3 is 0 Å². The topological polar surface area (TPSA) is 56.3 Å². The third-order valence-corrected chi connectivity index (χ3v) is 2.83. The molecular weight excluding hydrogens is 252 g/mol. The van der Waals surface area contributed by atoms with E-state index in [1.165, 1.54) is 0 Å². The van der Waals surface area contributed by atoms with Gasteiger partial charge in [-0.15, -0.1) is 0 Å². The Morgan fingerprint density at radius 2 is 2.20 bits per heavy atom. The third kappa shape index (κ3) is 3.50. The number of carbonyl (C=O) groups excluding carboxylic acids is 1. The van der Waals surface area contributed by atoms with Gasteiger partial charge in [0.05, 0.1) is 0 Å². The molecule has 1 heterocycles. The van der Waals surface area contributed by atoms with Crippen LogP contribution >= 0.6 is 0 Å². The zero-order chi connectivity index (χ0) is 14.4. The van der Waals surface area contributed by atoms with Gasteiger partial charge in [-0.25, -0.2) is 0 Å². The number of nitrogens with one attached hydrogen (secondary N) is 1. The van der Waals surface area contributed by atoms with Crippen molar-refractivity contribution in [2.45, 2.75) is 6.54 Å². The Hall–Kier alpha value is -2.51. The van der Waals surface area contributed by atoms with Crippen molar-refractivity contribution in [1.82, 2.24) is 9.88 Å². The molecule has 1 aromatic carbocycles. The Morgan fingerprint density at radius 1 is 1.35 bits per heavy atom. The van der Waals surface area contributed by atoms with Crippen molar-refractivity contribution in [3.05, 3.63) is 59.4 Å². The summed E-state index contributed by atoms with van der Waals surface area (Å²) in [7, 11) is 1.76. The van der Waals surface area contributed by atoms with Crippen LogP contribution in [0.3, 0.4) is 0 Å². The number of benzene rings is 1. The first-order valence-corrected chi connectivity index (χ1v) is 6.28. The monoisotopic (exact) mass is 268 g/mol. The van der Waals surface area contributed by atoms with E-state index >= 15 is 0 Å². The fraction of sp³-hybridized carbons (Fsp3) is 0.188. The average Bonchev–Trinajstić information content (AvgIpc) is 2.98. The highest BCUT2D eigenvalue weighted by Gasteiger charge is 2.12. The summed E-state index contributed by atoms with van der Waals surface area (Å²) in [6, 6.07) is 11.2. The molecule has 102 valence electrons. The molecule has 4 nitrogen and oxygen atoms in total. The van der Waals surface area contributed by atoms with Gasteiger partial charge in [0.15, 0.2) is 0 Å². The van der Waals surface area contributed by atoms with Gasteiger partial charge in [-0.2, -0.15) is 0 Å². The van der Waals surface area contributed by atoms with Crippen LogP contribution in [0.1, 0.15) is 21.6 Å². The molecule has 20 heavy (non-hydrogen) atoms. The summed E-state index contributed by atoms with van der Waals surface area (Å²) in [6.45, 7) is 0.349. The minimum atomic E-state index is -0.157. The molecule has 4 heteroatoms. The highest BCUT2D eigenvalue weighted by Crippen LogP contribution is 2.09. The van der Waals surface area contributed by atoms with Gasteiger partial charge in [0.25, 0.3) is 5.91 Å². The number of nitrogens with zero attached hydrogens (tertiary/aromatic N) is 1. The predicted octanol–water partition coefficient (Wildman–Crippen LogP) is 1.63. The molecule has 0 radical (unpaired) electrons. The van der Waals surface area contributed by atoms with Crippen LogP contribution in [0.4, 0.5) is 0 Å². The molecule has 0 fully saturated rings. The fourth-order valence-electron chi connectivity index (χ4n) is 1.90. The smallest absolute Gasteiger partial charge is 0.270 e. The van der Waals surface area contributed by atoms with Crippen molar-refractivity contribution < 1.29 is 9.90 Å². The Balaban J connectivity index is 2.08. The molecule has 2 N–H and O–H groups in total. The van der Waals surface area contributed by atoms with Gasteiger partial charge in [0.2, 0.25) is 0 Å². The van der Waals surface area contributed by atoms with Crippen molar-refractivity contribution in [1.29, 1.82) is 0 Å². The van der Waals surface area contributed by atoms with E-state index in [-0.39, 0.29) is 12.5 Å². The Labute approximate surface area is 118 Å². The van der Waals surface area contributed by atoms with E-state index in [2.05, 4.69) is 16.8 Å². The van der Waals surface area contributed by atoms with Crippen LogP contribution in [0, 0.1) is 11.8 Å². The summed E-state index contributed by atoms with van der Waals surface area (Å²) in [4.78, 5) is 16.6. The van der Waals surface area contributed by atoms with E-state index in [9.17, 15) is 4.79 Å². The minimum Gasteiger partial charge on any atom is -0.384 e. The summed E-state index contributed by atoms with van der Waals surface area (Å²) >= 11 is 0. The Bertz CT molecular complexity index is 636. The van der Waals surface area contributed by atoms with Crippen LogP contribution in [0.15, 0.2) is 42.6 Å². The summed E-state index contributed by atoms with van der Waals surface area (Å²) in [5.74, 6) is 5.41. The van der Waals surface area contributed by atoms with Crippen LogP contribution < -0.4 is 0 Å². The van der Waals surface area contributed by atoms with Crippen molar-refractivity contribution >= 4 is 5.91 Å². The van der Waals surface area contributed by atoms with Gasteiger partial charge in [0.1, 0.15) is 12.3 Å². The fourth-order valence-corrected chi connectivity index (χ4v) is 1.90. The largest absolute Gasteiger partial charge is 0.384 e. The summed E-state index contributed by atoms with van der Waals surface area (Å²) in [5.41, 5.74) is 2.40. The predicted molar refractivity (Wildman–Crippen MR) is 77.0 cm³/mol. The minimum absolute atomic E-state index is 0.0538. The number of H-pyrrole nitrogens is 1. The van der Waals surface area contributed by atoms with E-state index in [4.69, 9.17) is 5.11 Å². The van der Waals surface area contributed by atoms with Crippen LogP contribution in [-0.2, 0) is 6.54 Å². The Morgan fingerprint density at radius 3 is 2.90 bits per heavy atom. The number of rotatable bonds is 3. The molecular formula is C16H16N2O2. The van der Waals surface area contributed by atoms with Crippen LogP contribution in [-0.4, -0.2) is 34.6 Å².